The Balaban J connectivity index is 1.92. The summed E-state index contributed by atoms with van der Waals surface area (Å²) in [5, 5.41) is 11.1. The van der Waals surface area contributed by atoms with Crippen LogP contribution in [0.5, 0.6) is 0 Å². The topological polar surface area (TPSA) is 45.1 Å². The van der Waals surface area contributed by atoms with E-state index in [0.717, 1.165) is 28.2 Å². The normalized spacial score (nSPS) is 10.6. The third kappa shape index (κ3) is 2.91. The van der Waals surface area contributed by atoms with Crippen LogP contribution >= 0.6 is 0 Å². The minimum Gasteiger partial charge on any atom is -0.545 e. The second-order valence-electron chi connectivity index (χ2n) is 6.01. The Morgan fingerprint density at radius 2 is 1.08 bits per heavy atom. The van der Waals surface area contributed by atoms with E-state index in [-0.39, 0.29) is 5.56 Å². The molecule has 0 saturated carbocycles. The molecule has 0 N–H and O–H groups in total. The molecule has 26 heavy (non-hydrogen) atoms. The second-order valence-corrected chi connectivity index (χ2v) is 6.01. The van der Waals surface area contributed by atoms with Gasteiger partial charge in [-0.05, 0) is 41.0 Å². The lowest BCUT2D eigenvalue weighted by molar-refractivity contribution is -0.255. The number of rotatable bonds is 4. The molecule has 1 aromatic heterocycles. The van der Waals surface area contributed by atoms with Gasteiger partial charge in [-0.3, -0.25) is 0 Å². The highest BCUT2D eigenvalue weighted by atomic mass is 16.4. The van der Waals surface area contributed by atoms with Crippen LogP contribution in [0.3, 0.4) is 0 Å². The number of carboxylic acid groups (broad SMARTS) is 1. The van der Waals surface area contributed by atoms with Crippen molar-refractivity contribution in [3.63, 3.8) is 0 Å². The Labute approximate surface area is 151 Å². The van der Waals surface area contributed by atoms with Gasteiger partial charge in [-0.25, -0.2) is 0 Å². The number of hydrogen-bond donors (Lipinski definition) is 0. The van der Waals surface area contributed by atoms with Crippen molar-refractivity contribution in [2.45, 2.75) is 0 Å². The van der Waals surface area contributed by atoms with Crippen molar-refractivity contribution in [2.24, 2.45) is 0 Å². The fraction of sp³-hybridized carbons (Fsp3) is 0. The molecule has 0 saturated heterocycles. The molecular weight excluding hydrogens is 322 g/mol. The predicted octanol–water partition coefficient (Wildman–Crippen LogP) is 4.17. The lowest BCUT2D eigenvalue weighted by Crippen LogP contribution is -2.22. The van der Waals surface area contributed by atoms with Crippen LogP contribution in [0.15, 0.2) is 97.1 Å². The number of carbonyl (C=O) groups is 1. The lowest BCUT2D eigenvalue weighted by atomic mass is 10.1. The fourth-order valence-corrected chi connectivity index (χ4v) is 3.13. The first kappa shape index (κ1) is 15.9. The molecule has 126 valence electrons. The smallest absolute Gasteiger partial charge is 0.0715 e. The van der Waals surface area contributed by atoms with Gasteiger partial charge in [0.25, 0.3) is 0 Å². The highest BCUT2D eigenvalue weighted by Crippen LogP contribution is 2.32. The van der Waals surface area contributed by atoms with E-state index in [9.17, 15) is 9.90 Å². The highest BCUT2D eigenvalue weighted by molar-refractivity contribution is 5.86. The zero-order valence-corrected chi connectivity index (χ0v) is 14.0. The zero-order chi connectivity index (χ0) is 17.9. The first-order valence-corrected chi connectivity index (χ1v) is 8.38. The summed E-state index contributed by atoms with van der Waals surface area (Å²) in [4.78, 5) is 11.1. The quantitative estimate of drug-likeness (QED) is 0.560. The van der Waals surface area contributed by atoms with Crippen molar-refractivity contribution < 1.29 is 9.90 Å². The maximum absolute atomic E-state index is 11.1. The van der Waals surface area contributed by atoms with E-state index in [1.807, 2.05) is 48.5 Å². The van der Waals surface area contributed by atoms with E-state index in [2.05, 4.69) is 41.0 Å². The van der Waals surface area contributed by atoms with Crippen LogP contribution < -0.4 is 5.11 Å². The molecule has 4 rings (SSSR count). The van der Waals surface area contributed by atoms with Gasteiger partial charge in [-0.2, -0.15) is 0 Å². The minimum atomic E-state index is -1.17. The van der Waals surface area contributed by atoms with Crippen molar-refractivity contribution in [1.82, 2.24) is 4.57 Å². The Morgan fingerprint density at radius 3 is 1.50 bits per heavy atom. The van der Waals surface area contributed by atoms with E-state index in [1.165, 1.54) is 0 Å². The van der Waals surface area contributed by atoms with E-state index in [0.29, 0.717) is 0 Å². The molecule has 0 amide bonds. The largest absolute Gasteiger partial charge is 0.545 e. The zero-order valence-electron chi connectivity index (χ0n) is 14.0. The number of carbonyl (C=O) groups excluding carboxylic acids is 1. The van der Waals surface area contributed by atoms with Crippen LogP contribution in [0, 0.1) is 0 Å². The Hall–Kier alpha value is -3.59. The van der Waals surface area contributed by atoms with Gasteiger partial charge in [0.05, 0.1) is 17.4 Å². The molecule has 4 aromatic rings. The first-order valence-electron chi connectivity index (χ1n) is 8.38. The van der Waals surface area contributed by atoms with Gasteiger partial charge < -0.3 is 14.5 Å². The molecule has 0 atom stereocenters. The van der Waals surface area contributed by atoms with Gasteiger partial charge in [0.1, 0.15) is 0 Å². The van der Waals surface area contributed by atoms with Crippen molar-refractivity contribution in [3.05, 3.63) is 103 Å². The molecular formula is C23H16NO2-. The molecule has 3 aromatic carbocycles. The highest BCUT2D eigenvalue weighted by Gasteiger charge is 2.13. The summed E-state index contributed by atoms with van der Waals surface area (Å²) in [6.45, 7) is 0. The van der Waals surface area contributed by atoms with Gasteiger partial charge in [0.2, 0.25) is 0 Å². The summed E-state index contributed by atoms with van der Waals surface area (Å²) in [6, 6.07) is 31.2. The van der Waals surface area contributed by atoms with Crippen LogP contribution in [-0.2, 0) is 0 Å². The predicted molar refractivity (Wildman–Crippen MR) is 101 cm³/mol. The van der Waals surface area contributed by atoms with Crippen LogP contribution in [0.1, 0.15) is 10.4 Å². The monoisotopic (exact) mass is 338 g/mol. The van der Waals surface area contributed by atoms with Crippen LogP contribution in [-0.4, -0.2) is 10.5 Å². The molecule has 3 nitrogen and oxygen atoms in total. The second kappa shape index (κ2) is 6.73. The maximum Gasteiger partial charge on any atom is 0.0715 e. The van der Waals surface area contributed by atoms with Gasteiger partial charge in [0.15, 0.2) is 0 Å². The molecule has 3 heteroatoms. The van der Waals surface area contributed by atoms with Gasteiger partial charge in [-0.1, -0.05) is 72.8 Å². The van der Waals surface area contributed by atoms with Crippen molar-refractivity contribution in [3.8, 4) is 28.2 Å². The molecule has 0 aliphatic rings. The van der Waals surface area contributed by atoms with Crippen LogP contribution in [0.4, 0.5) is 0 Å². The number of benzene rings is 3. The summed E-state index contributed by atoms with van der Waals surface area (Å²) in [5.41, 5.74) is 5.36. The minimum absolute atomic E-state index is 0.170. The Bertz CT molecular complexity index is 976. The third-order valence-corrected chi connectivity index (χ3v) is 4.38. The fourth-order valence-electron chi connectivity index (χ4n) is 3.13. The SMILES string of the molecule is O=C([O-])c1ccc(-n2c(-c3ccccc3)ccc2-c2ccccc2)cc1. The third-order valence-electron chi connectivity index (χ3n) is 4.38. The van der Waals surface area contributed by atoms with Crippen molar-refractivity contribution in [2.75, 3.05) is 0 Å². The summed E-state index contributed by atoms with van der Waals surface area (Å²) in [6.07, 6.45) is 0. The van der Waals surface area contributed by atoms with E-state index in [1.54, 1.807) is 12.1 Å². The maximum atomic E-state index is 11.1. The van der Waals surface area contributed by atoms with Gasteiger partial charge >= 0.3 is 0 Å². The van der Waals surface area contributed by atoms with E-state index in [4.69, 9.17) is 0 Å². The van der Waals surface area contributed by atoms with Gasteiger partial charge in [0, 0.05) is 5.69 Å². The summed E-state index contributed by atoms with van der Waals surface area (Å²) < 4.78 is 2.14. The Kier molecular flexibility index (Phi) is 4.12. The first-order chi connectivity index (χ1) is 12.7. The van der Waals surface area contributed by atoms with E-state index < -0.39 is 5.97 Å². The number of nitrogens with zero attached hydrogens (tertiary/aromatic N) is 1. The molecule has 0 fully saturated rings. The van der Waals surface area contributed by atoms with Gasteiger partial charge in [-0.15, -0.1) is 0 Å². The Morgan fingerprint density at radius 1 is 0.615 bits per heavy atom. The molecule has 0 radical (unpaired) electrons. The number of aromatic carboxylic acids is 1. The summed E-state index contributed by atoms with van der Waals surface area (Å²) >= 11 is 0. The van der Waals surface area contributed by atoms with Crippen molar-refractivity contribution >= 4 is 5.97 Å². The average Bonchev–Trinajstić information content (AvgIpc) is 3.14. The lowest BCUT2D eigenvalue weighted by Gasteiger charge is -2.15. The molecule has 0 unspecified atom stereocenters. The summed E-state index contributed by atoms with van der Waals surface area (Å²) in [5.74, 6) is -1.17. The molecule has 0 bridgehead atoms. The molecule has 0 aliphatic carbocycles. The standard InChI is InChI=1S/C23H17NO2/c25-23(26)19-11-13-20(14-12-19)24-21(17-7-3-1-4-8-17)15-16-22(24)18-9-5-2-6-10-18/h1-16H,(H,25,26)/p-1. The number of carboxylic acids is 1. The van der Waals surface area contributed by atoms with Crippen LogP contribution in [0.25, 0.3) is 28.2 Å². The average molecular weight is 338 g/mol. The molecule has 1 heterocycles. The summed E-state index contributed by atoms with van der Waals surface area (Å²) in [7, 11) is 0. The molecule has 0 aliphatic heterocycles. The number of hydrogen-bond acceptors (Lipinski definition) is 2. The molecule has 0 spiro atoms. The number of aromatic nitrogens is 1. The van der Waals surface area contributed by atoms with Crippen LogP contribution in [0.2, 0.25) is 0 Å². The van der Waals surface area contributed by atoms with E-state index >= 15 is 0 Å². The van der Waals surface area contributed by atoms with Crippen molar-refractivity contribution in [1.29, 1.82) is 0 Å².